The molecule has 2 aliphatic heterocycles. The van der Waals surface area contributed by atoms with Crippen molar-refractivity contribution in [1.29, 1.82) is 0 Å². The zero-order valence-corrected chi connectivity index (χ0v) is 20.8. The number of pyridine rings is 1. The summed E-state index contributed by atoms with van der Waals surface area (Å²) in [4.78, 5) is 45.1. The Kier molecular flexibility index (Phi) is 7.67. The summed E-state index contributed by atoms with van der Waals surface area (Å²) in [6.07, 6.45) is 7.28. The Morgan fingerprint density at radius 1 is 1.06 bits per heavy atom. The zero-order chi connectivity index (χ0) is 24.2. The second-order valence-corrected chi connectivity index (χ2v) is 9.94. The molecule has 1 atom stereocenters. The largest absolute Gasteiger partial charge is 0.374 e. The van der Waals surface area contributed by atoms with Crippen LogP contribution in [-0.2, 0) is 0 Å². The van der Waals surface area contributed by atoms with E-state index in [1.54, 1.807) is 21.9 Å². The minimum Gasteiger partial charge on any atom is -0.374 e. The smallest absolute Gasteiger partial charge is 0.294 e. The van der Waals surface area contributed by atoms with Crippen molar-refractivity contribution < 1.29 is 14.5 Å². The molecule has 2 amide bonds. The Morgan fingerprint density at radius 2 is 1.79 bits per heavy atom. The number of hydrogen-bond donors (Lipinski definition) is 1. The van der Waals surface area contributed by atoms with E-state index < -0.39 is 4.92 Å². The molecule has 1 aromatic carbocycles. The van der Waals surface area contributed by atoms with Crippen LogP contribution in [0.3, 0.4) is 0 Å². The van der Waals surface area contributed by atoms with E-state index in [1.165, 1.54) is 18.5 Å². The van der Waals surface area contributed by atoms with Gasteiger partial charge in [0.2, 0.25) is 0 Å². The second-order valence-electron chi connectivity index (χ2n) is 8.58. The summed E-state index contributed by atoms with van der Waals surface area (Å²) in [5.41, 5.74) is 0.693. The van der Waals surface area contributed by atoms with E-state index in [2.05, 4.69) is 26.2 Å². The minimum atomic E-state index is -0.483. The molecule has 0 radical (unpaired) electrons. The number of amides is 2. The lowest BCUT2D eigenvalue weighted by molar-refractivity contribution is -0.384. The monoisotopic (exact) mass is 549 g/mol. The molecule has 11 heteroatoms. The molecule has 0 spiro atoms. The van der Waals surface area contributed by atoms with E-state index in [0.717, 1.165) is 25.7 Å². The minimum absolute atomic E-state index is 0.169. The van der Waals surface area contributed by atoms with Gasteiger partial charge in [-0.3, -0.25) is 24.7 Å². The number of benzene rings is 1. The molecule has 3 heterocycles. The Labute approximate surface area is 210 Å². The fourth-order valence-electron chi connectivity index (χ4n) is 4.52. The first-order chi connectivity index (χ1) is 16.3. The van der Waals surface area contributed by atoms with Gasteiger partial charge in [0.05, 0.1) is 21.1 Å². The number of likely N-dealkylation sites (tertiary alicyclic amines) is 2. The third kappa shape index (κ3) is 5.50. The topological polar surface area (TPSA) is 109 Å². The summed E-state index contributed by atoms with van der Waals surface area (Å²) < 4.78 is 0.471. The summed E-state index contributed by atoms with van der Waals surface area (Å²) in [6.45, 7) is 2.18. The molecule has 34 heavy (non-hydrogen) atoms. The first kappa shape index (κ1) is 24.4. The third-order valence-electron chi connectivity index (χ3n) is 6.16. The number of aromatic nitrogens is 1. The number of nitro groups is 1. The van der Waals surface area contributed by atoms with Gasteiger partial charge in [-0.15, -0.1) is 0 Å². The van der Waals surface area contributed by atoms with Crippen LogP contribution in [0.4, 0.5) is 11.4 Å². The Morgan fingerprint density at radius 3 is 2.50 bits per heavy atom. The summed E-state index contributed by atoms with van der Waals surface area (Å²) in [5.74, 6) is -0.420. The van der Waals surface area contributed by atoms with Gasteiger partial charge in [0.25, 0.3) is 17.5 Å². The summed E-state index contributed by atoms with van der Waals surface area (Å²) in [5, 5.41) is 15.5. The van der Waals surface area contributed by atoms with Gasteiger partial charge in [-0.25, -0.2) is 0 Å². The SMILES string of the molecule is O=C(c1cncc(Cl)c1)N1CCC[C@@H](Nc2c(C(=O)N3CCCCC3)cc(Br)cc2[N+](=O)[O-])C1. The molecule has 0 saturated carbocycles. The van der Waals surface area contributed by atoms with Crippen LogP contribution in [-0.4, -0.2) is 63.7 Å². The predicted octanol–water partition coefficient (Wildman–Crippen LogP) is 4.75. The van der Waals surface area contributed by atoms with E-state index in [4.69, 9.17) is 11.6 Å². The van der Waals surface area contributed by atoms with E-state index in [9.17, 15) is 19.7 Å². The van der Waals surface area contributed by atoms with E-state index >= 15 is 0 Å². The molecule has 0 unspecified atom stereocenters. The van der Waals surface area contributed by atoms with Crippen molar-refractivity contribution in [1.82, 2.24) is 14.8 Å². The number of anilines is 1. The van der Waals surface area contributed by atoms with Crippen molar-refractivity contribution in [3.8, 4) is 0 Å². The predicted molar refractivity (Wildman–Crippen MR) is 132 cm³/mol. The standard InChI is InChI=1S/C23H25BrClN5O4/c24-16-10-19(23(32)28-6-2-1-3-7-28)21(20(11-16)30(33)34)27-18-5-4-8-29(14-18)22(31)15-9-17(25)13-26-12-15/h9-13,18,27H,1-8,14H2/t18-/m1/s1. The van der Waals surface area contributed by atoms with Gasteiger partial charge < -0.3 is 15.1 Å². The number of hydrogen-bond acceptors (Lipinski definition) is 6. The highest BCUT2D eigenvalue weighted by Gasteiger charge is 2.31. The molecule has 9 nitrogen and oxygen atoms in total. The molecular weight excluding hydrogens is 526 g/mol. The molecule has 2 aliphatic rings. The van der Waals surface area contributed by atoms with E-state index in [-0.39, 0.29) is 34.8 Å². The number of rotatable bonds is 5. The normalized spacial score (nSPS) is 18.5. The first-order valence-corrected chi connectivity index (χ1v) is 12.4. The van der Waals surface area contributed by atoms with Crippen molar-refractivity contribution >= 4 is 50.7 Å². The highest BCUT2D eigenvalue weighted by atomic mass is 79.9. The van der Waals surface area contributed by atoms with Crippen LogP contribution in [0.5, 0.6) is 0 Å². The number of nitro benzene ring substituents is 1. The van der Waals surface area contributed by atoms with Crippen LogP contribution in [0.25, 0.3) is 0 Å². The second kappa shape index (κ2) is 10.7. The number of piperidine rings is 2. The number of nitrogens with zero attached hydrogens (tertiary/aromatic N) is 4. The Balaban J connectivity index is 1.60. The molecule has 2 fully saturated rings. The molecule has 1 aromatic heterocycles. The van der Waals surface area contributed by atoms with Crippen LogP contribution in [0.15, 0.2) is 35.1 Å². The Hall–Kier alpha value is -2.72. The van der Waals surface area contributed by atoms with Gasteiger partial charge in [-0.05, 0) is 44.2 Å². The van der Waals surface area contributed by atoms with Crippen molar-refractivity contribution in [2.24, 2.45) is 0 Å². The number of nitrogens with one attached hydrogen (secondary N) is 1. The lowest BCUT2D eigenvalue weighted by Crippen LogP contribution is -2.45. The average molecular weight is 551 g/mol. The number of carbonyl (C=O) groups excluding carboxylic acids is 2. The lowest BCUT2D eigenvalue weighted by Gasteiger charge is -2.34. The van der Waals surface area contributed by atoms with Crippen LogP contribution < -0.4 is 5.32 Å². The Bertz CT molecular complexity index is 1110. The molecule has 1 N–H and O–H groups in total. The summed E-state index contributed by atoms with van der Waals surface area (Å²) >= 11 is 9.31. The highest BCUT2D eigenvalue weighted by molar-refractivity contribution is 9.10. The third-order valence-corrected chi connectivity index (χ3v) is 6.83. The van der Waals surface area contributed by atoms with Gasteiger partial charge in [-0.2, -0.15) is 0 Å². The molecule has 0 aliphatic carbocycles. The fraction of sp³-hybridized carbons (Fsp3) is 0.435. The van der Waals surface area contributed by atoms with E-state index in [1.807, 2.05) is 0 Å². The van der Waals surface area contributed by atoms with Crippen LogP contribution >= 0.6 is 27.5 Å². The fourth-order valence-corrected chi connectivity index (χ4v) is 5.14. The molecule has 2 saturated heterocycles. The first-order valence-electron chi connectivity index (χ1n) is 11.3. The maximum Gasteiger partial charge on any atom is 0.294 e. The van der Waals surface area contributed by atoms with Crippen molar-refractivity contribution in [3.05, 3.63) is 61.3 Å². The van der Waals surface area contributed by atoms with Crippen molar-refractivity contribution in [2.75, 3.05) is 31.5 Å². The molecule has 2 aromatic rings. The summed E-state index contributed by atoms with van der Waals surface area (Å²) in [7, 11) is 0. The van der Waals surface area contributed by atoms with Crippen LogP contribution in [0.1, 0.15) is 52.8 Å². The maximum absolute atomic E-state index is 13.3. The molecule has 0 bridgehead atoms. The van der Waals surface area contributed by atoms with Gasteiger partial charge in [0, 0.05) is 55.2 Å². The van der Waals surface area contributed by atoms with Crippen LogP contribution in [0.2, 0.25) is 5.02 Å². The molecule has 4 rings (SSSR count). The van der Waals surface area contributed by atoms with E-state index in [0.29, 0.717) is 47.7 Å². The molecular formula is C23H25BrClN5O4. The van der Waals surface area contributed by atoms with Crippen molar-refractivity contribution in [3.63, 3.8) is 0 Å². The quantitative estimate of drug-likeness (QED) is 0.425. The number of carbonyl (C=O) groups is 2. The average Bonchev–Trinajstić information content (AvgIpc) is 2.84. The van der Waals surface area contributed by atoms with Crippen molar-refractivity contribution in [2.45, 2.75) is 38.1 Å². The molecule has 180 valence electrons. The zero-order valence-electron chi connectivity index (χ0n) is 18.5. The van der Waals surface area contributed by atoms with Crippen LogP contribution in [0, 0.1) is 10.1 Å². The lowest BCUT2D eigenvalue weighted by atomic mass is 10.0. The van der Waals surface area contributed by atoms with Gasteiger partial charge in [0.1, 0.15) is 5.69 Å². The number of halogens is 2. The highest BCUT2D eigenvalue weighted by Crippen LogP contribution is 2.35. The maximum atomic E-state index is 13.3. The van der Waals surface area contributed by atoms with Gasteiger partial charge in [0.15, 0.2) is 0 Å². The summed E-state index contributed by atoms with van der Waals surface area (Å²) in [6, 6.07) is 4.36. The van der Waals surface area contributed by atoms with Gasteiger partial charge in [-0.1, -0.05) is 27.5 Å². The van der Waals surface area contributed by atoms with Gasteiger partial charge >= 0.3 is 0 Å².